The van der Waals surface area contributed by atoms with Gasteiger partial charge in [-0.1, -0.05) is 48.5 Å². The van der Waals surface area contributed by atoms with Crippen molar-refractivity contribution in [3.05, 3.63) is 54.6 Å². The van der Waals surface area contributed by atoms with Crippen LogP contribution in [-0.2, 0) is 11.3 Å². The molecular weight excluding hydrogens is 282 g/mol. The molecule has 3 aromatic rings. The molecule has 0 spiro atoms. The molecule has 0 radical (unpaired) electrons. The summed E-state index contributed by atoms with van der Waals surface area (Å²) in [5.74, 6) is -0.833. The summed E-state index contributed by atoms with van der Waals surface area (Å²) in [5, 5.41) is 10.4. The first-order valence-corrected chi connectivity index (χ1v) is 7.87. The Morgan fingerprint density at radius 3 is 2.43 bits per heavy atom. The Morgan fingerprint density at radius 2 is 1.76 bits per heavy atom. The molecule has 1 N–H and O–H groups in total. The van der Waals surface area contributed by atoms with Gasteiger partial charge in [0.15, 0.2) is 0 Å². The summed E-state index contributed by atoms with van der Waals surface area (Å²) in [7, 11) is 0. The summed E-state index contributed by atoms with van der Waals surface area (Å²) in [6.45, 7) is -0.0364. The fourth-order valence-electron chi connectivity index (χ4n) is 2.66. The molecule has 0 bridgehead atoms. The molecule has 1 heterocycles. The van der Waals surface area contributed by atoms with E-state index in [-0.39, 0.29) is 6.54 Å². The topological polar surface area (TPSA) is 42.2 Å². The van der Waals surface area contributed by atoms with Gasteiger partial charge < -0.3 is 9.67 Å². The smallest absolute Gasteiger partial charge is 0.323 e. The van der Waals surface area contributed by atoms with E-state index in [9.17, 15) is 9.90 Å². The van der Waals surface area contributed by atoms with Crippen LogP contribution < -0.4 is 0 Å². The van der Waals surface area contributed by atoms with Crippen molar-refractivity contribution in [2.45, 2.75) is 11.4 Å². The van der Waals surface area contributed by atoms with Gasteiger partial charge in [0.25, 0.3) is 0 Å². The van der Waals surface area contributed by atoms with E-state index in [0.717, 1.165) is 27.1 Å². The summed E-state index contributed by atoms with van der Waals surface area (Å²) in [6, 6.07) is 17.9. The van der Waals surface area contributed by atoms with Crippen LogP contribution in [0.15, 0.2) is 59.5 Å². The lowest BCUT2D eigenvalue weighted by Gasteiger charge is -2.09. The molecule has 21 heavy (non-hydrogen) atoms. The van der Waals surface area contributed by atoms with Crippen LogP contribution in [-0.4, -0.2) is 21.9 Å². The van der Waals surface area contributed by atoms with Crippen LogP contribution in [0.1, 0.15) is 0 Å². The predicted molar refractivity (Wildman–Crippen MR) is 86.8 cm³/mol. The van der Waals surface area contributed by atoms with Gasteiger partial charge in [0.2, 0.25) is 0 Å². The van der Waals surface area contributed by atoms with E-state index in [4.69, 9.17) is 0 Å². The minimum atomic E-state index is -0.833. The molecule has 3 nitrogen and oxygen atoms in total. The van der Waals surface area contributed by atoms with Gasteiger partial charge in [-0.05, 0) is 17.9 Å². The van der Waals surface area contributed by atoms with Gasteiger partial charge in [0.1, 0.15) is 6.54 Å². The Balaban J connectivity index is 2.37. The first-order chi connectivity index (χ1) is 10.2. The summed E-state index contributed by atoms with van der Waals surface area (Å²) in [6.07, 6.45) is 2.03. The molecule has 4 heteroatoms. The molecule has 0 aliphatic rings. The van der Waals surface area contributed by atoms with E-state index in [0.29, 0.717) is 0 Å². The number of carboxylic acids is 1. The van der Waals surface area contributed by atoms with Crippen LogP contribution in [0.5, 0.6) is 0 Å². The normalized spacial score (nSPS) is 10.9. The monoisotopic (exact) mass is 297 g/mol. The molecular formula is C17H15NO2S. The molecule has 0 atom stereocenters. The van der Waals surface area contributed by atoms with E-state index in [1.807, 2.05) is 65.4 Å². The molecule has 2 aromatic carbocycles. The predicted octanol–water partition coefficient (Wildman–Crippen LogP) is 4.11. The molecule has 0 aliphatic carbocycles. The van der Waals surface area contributed by atoms with Crippen LogP contribution in [0.25, 0.3) is 22.2 Å². The Kier molecular flexibility index (Phi) is 3.71. The highest BCUT2D eigenvalue weighted by Gasteiger charge is 2.19. The van der Waals surface area contributed by atoms with Crippen molar-refractivity contribution in [1.82, 2.24) is 4.57 Å². The number of hydrogen-bond acceptors (Lipinski definition) is 2. The minimum Gasteiger partial charge on any atom is -0.480 e. The molecule has 1 aromatic heterocycles. The molecule has 0 saturated carbocycles. The maximum atomic E-state index is 11.3. The molecule has 0 unspecified atom stereocenters. The van der Waals surface area contributed by atoms with Crippen molar-refractivity contribution in [1.29, 1.82) is 0 Å². The highest BCUT2D eigenvalue weighted by molar-refractivity contribution is 7.99. The van der Waals surface area contributed by atoms with Gasteiger partial charge in [-0.2, -0.15) is 0 Å². The van der Waals surface area contributed by atoms with Crippen molar-refractivity contribution in [2.75, 3.05) is 6.26 Å². The molecule has 0 aliphatic heterocycles. The molecule has 3 rings (SSSR count). The van der Waals surface area contributed by atoms with Crippen LogP contribution in [0, 0.1) is 0 Å². The first kappa shape index (κ1) is 13.8. The number of aliphatic carboxylic acids is 1. The fraction of sp³-hybridized carbons (Fsp3) is 0.118. The second kappa shape index (κ2) is 5.66. The fourth-order valence-corrected chi connectivity index (χ4v) is 3.47. The largest absolute Gasteiger partial charge is 0.480 e. The number of nitrogens with zero attached hydrogens (tertiary/aromatic N) is 1. The summed E-state index contributed by atoms with van der Waals surface area (Å²) < 4.78 is 1.89. The van der Waals surface area contributed by atoms with Crippen LogP contribution >= 0.6 is 11.8 Å². The van der Waals surface area contributed by atoms with E-state index < -0.39 is 5.97 Å². The highest BCUT2D eigenvalue weighted by Crippen LogP contribution is 2.39. The number of carbonyl (C=O) groups is 1. The second-order valence-corrected chi connectivity index (χ2v) is 5.56. The van der Waals surface area contributed by atoms with E-state index in [1.165, 1.54) is 0 Å². The van der Waals surface area contributed by atoms with Crippen LogP contribution in [0.2, 0.25) is 0 Å². The Hall–Kier alpha value is -2.20. The average Bonchev–Trinajstić information content (AvgIpc) is 2.81. The number of fused-ring (bicyclic) bond motifs is 1. The SMILES string of the molecule is CSc1c(-c2ccccc2)n(CC(=O)O)c2ccccc12. The van der Waals surface area contributed by atoms with E-state index in [1.54, 1.807) is 11.8 Å². The zero-order valence-corrected chi connectivity index (χ0v) is 12.4. The number of thioether (sulfide) groups is 1. The molecule has 0 fully saturated rings. The average molecular weight is 297 g/mol. The van der Waals surface area contributed by atoms with E-state index >= 15 is 0 Å². The van der Waals surface area contributed by atoms with E-state index in [2.05, 4.69) is 0 Å². The van der Waals surface area contributed by atoms with Gasteiger partial charge in [0, 0.05) is 10.3 Å². The second-order valence-electron chi connectivity index (χ2n) is 4.74. The number of benzene rings is 2. The number of carboxylic acid groups (broad SMARTS) is 1. The zero-order chi connectivity index (χ0) is 14.8. The maximum Gasteiger partial charge on any atom is 0.323 e. The first-order valence-electron chi connectivity index (χ1n) is 6.65. The van der Waals surface area contributed by atoms with Crippen molar-refractivity contribution in [3.63, 3.8) is 0 Å². The third-order valence-electron chi connectivity index (χ3n) is 3.47. The Bertz CT molecular complexity index is 793. The van der Waals surface area contributed by atoms with Crippen LogP contribution in [0.4, 0.5) is 0 Å². The summed E-state index contributed by atoms with van der Waals surface area (Å²) >= 11 is 1.65. The van der Waals surface area contributed by atoms with Crippen molar-refractivity contribution in [2.24, 2.45) is 0 Å². The quantitative estimate of drug-likeness (QED) is 0.737. The summed E-state index contributed by atoms with van der Waals surface area (Å²) in [4.78, 5) is 12.4. The van der Waals surface area contributed by atoms with Crippen molar-refractivity contribution in [3.8, 4) is 11.3 Å². The lowest BCUT2D eigenvalue weighted by Crippen LogP contribution is -2.09. The van der Waals surface area contributed by atoms with Gasteiger partial charge in [-0.15, -0.1) is 11.8 Å². The number of para-hydroxylation sites is 1. The molecule has 0 saturated heterocycles. The minimum absolute atomic E-state index is 0.0364. The van der Waals surface area contributed by atoms with Crippen LogP contribution in [0.3, 0.4) is 0 Å². The van der Waals surface area contributed by atoms with Crippen molar-refractivity contribution < 1.29 is 9.90 Å². The molecule has 0 amide bonds. The summed E-state index contributed by atoms with van der Waals surface area (Å²) in [5.41, 5.74) is 2.98. The van der Waals surface area contributed by atoms with Gasteiger partial charge >= 0.3 is 5.97 Å². The van der Waals surface area contributed by atoms with Gasteiger partial charge in [-0.25, -0.2) is 0 Å². The Labute approximate surface area is 127 Å². The lowest BCUT2D eigenvalue weighted by molar-refractivity contribution is -0.137. The molecule has 106 valence electrons. The third-order valence-corrected chi connectivity index (χ3v) is 4.29. The third kappa shape index (κ3) is 2.43. The number of rotatable bonds is 4. The number of aromatic nitrogens is 1. The highest BCUT2D eigenvalue weighted by atomic mass is 32.2. The number of hydrogen-bond donors (Lipinski definition) is 1. The van der Waals surface area contributed by atoms with Gasteiger partial charge in [-0.3, -0.25) is 4.79 Å². The lowest BCUT2D eigenvalue weighted by atomic mass is 10.1. The maximum absolute atomic E-state index is 11.3. The van der Waals surface area contributed by atoms with Gasteiger partial charge in [0.05, 0.1) is 11.2 Å². The standard InChI is InChI=1S/C17H15NO2S/c1-21-17-13-9-5-6-10-14(13)18(11-15(19)20)16(17)12-7-3-2-4-8-12/h2-10H,11H2,1H3,(H,19,20). The Morgan fingerprint density at radius 1 is 1.10 bits per heavy atom. The zero-order valence-electron chi connectivity index (χ0n) is 11.6. The van der Waals surface area contributed by atoms with Crippen molar-refractivity contribution >= 4 is 28.6 Å².